The molecule has 0 atom stereocenters. The Kier molecular flexibility index (Phi) is 2.85. The van der Waals surface area contributed by atoms with E-state index in [4.69, 9.17) is 0 Å². The van der Waals surface area contributed by atoms with Gasteiger partial charge in [-0.15, -0.1) is 5.10 Å². The van der Waals surface area contributed by atoms with Crippen LogP contribution in [0.2, 0.25) is 0 Å². The van der Waals surface area contributed by atoms with Gasteiger partial charge in [0.25, 0.3) is 0 Å². The number of hydrogen-bond donors (Lipinski definition) is 1. The number of tetrazole rings is 1. The van der Waals surface area contributed by atoms with Gasteiger partial charge in [-0.25, -0.2) is 13.5 Å². The minimum absolute atomic E-state index is 0.287. The van der Waals surface area contributed by atoms with Gasteiger partial charge in [0, 0.05) is 11.8 Å². The summed E-state index contributed by atoms with van der Waals surface area (Å²) >= 11 is 0. The topological polar surface area (TPSA) is 88.6 Å². The quantitative estimate of drug-likeness (QED) is 0.920. The van der Waals surface area contributed by atoms with E-state index in [1.165, 1.54) is 12.7 Å². The lowest BCUT2D eigenvalue weighted by Gasteiger charge is -2.28. The maximum atomic E-state index is 11.9. The molecule has 0 aliphatic heterocycles. The number of rotatable bonds is 3. The zero-order chi connectivity index (χ0) is 13.5. The molecule has 7 heteroatoms. The van der Waals surface area contributed by atoms with Crippen molar-refractivity contribution in [2.75, 3.05) is 6.26 Å². The summed E-state index contributed by atoms with van der Waals surface area (Å²) in [4.78, 5) is 0.287. The van der Waals surface area contributed by atoms with E-state index in [0.717, 1.165) is 18.4 Å². The molecule has 0 saturated heterocycles. The van der Waals surface area contributed by atoms with Crippen LogP contribution in [0.5, 0.6) is 0 Å². The second-order valence-corrected chi connectivity index (χ2v) is 6.85. The lowest BCUT2D eigenvalue weighted by atomic mass is 9.78. The highest BCUT2D eigenvalue weighted by atomic mass is 32.2. The van der Waals surface area contributed by atoms with E-state index in [9.17, 15) is 8.42 Å². The van der Waals surface area contributed by atoms with Crippen molar-refractivity contribution in [1.29, 1.82) is 0 Å². The largest absolute Gasteiger partial charge is 0.239 e. The number of nitrogens with one attached hydrogen (secondary N) is 1. The van der Waals surface area contributed by atoms with E-state index in [2.05, 4.69) is 20.6 Å². The normalized spacial score (nSPS) is 16.3. The van der Waals surface area contributed by atoms with Gasteiger partial charge in [0.1, 0.15) is 0 Å². The smallest absolute Gasteiger partial charge is 0.181 e. The lowest BCUT2D eigenvalue weighted by Crippen LogP contribution is -2.12. The summed E-state index contributed by atoms with van der Waals surface area (Å²) in [7, 11) is -3.32. The van der Waals surface area contributed by atoms with Gasteiger partial charge < -0.3 is 0 Å². The third kappa shape index (κ3) is 2.14. The third-order valence-corrected chi connectivity index (χ3v) is 4.72. The van der Waals surface area contributed by atoms with E-state index in [1.807, 2.05) is 6.07 Å². The highest BCUT2D eigenvalue weighted by Crippen LogP contribution is 2.42. The number of hydrogen-bond acceptors (Lipinski definition) is 5. The van der Waals surface area contributed by atoms with Gasteiger partial charge >= 0.3 is 0 Å². The Hall–Kier alpha value is -1.76. The molecule has 19 heavy (non-hydrogen) atoms. The second-order valence-electron chi connectivity index (χ2n) is 4.87. The molecule has 100 valence electrons. The van der Waals surface area contributed by atoms with Crippen LogP contribution in [0, 0.1) is 0 Å². The molecule has 1 aliphatic carbocycles. The van der Waals surface area contributed by atoms with Gasteiger partial charge in [-0.2, -0.15) is 0 Å². The van der Waals surface area contributed by atoms with Gasteiger partial charge in [0.15, 0.2) is 15.7 Å². The van der Waals surface area contributed by atoms with Crippen LogP contribution in [-0.4, -0.2) is 35.3 Å². The Labute approximate surface area is 111 Å². The van der Waals surface area contributed by atoms with Crippen LogP contribution in [0.1, 0.15) is 30.7 Å². The molecule has 6 nitrogen and oxygen atoms in total. The minimum Gasteiger partial charge on any atom is -0.239 e. The molecular weight excluding hydrogens is 264 g/mol. The third-order valence-electron chi connectivity index (χ3n) is 3.59. The Bertz CT molecular complexity index is 691. The molecule has 0 unspecified atom stereocenters. The van der Waals surface area contributed by atoms with Crippen molar-refractivity contribution in [1.82, 2.24) is 20.6 Å². The number of benzene rings is 1. The summed E-state index contributed by atoms with van der Waals surface area (Å²) in [5.41, 5.74) is 1.65. The summed E-state index contributed by atoms with van der Waals surface area (Å²) in [6.07, 6.45) is 4.56. The fraction of sp³-hybridized carbons (Fsp3) is 0.417. The molecule has 0 amide bonds. The summed E-state index contributed by atoms with van der Waals surface area (Å²) in [6.45, 7) is 0. The number of nitrogens with zero attached hydrogens (tertiary/aromatic N) is 3. The van der Waals surface area contributed by atoms with Crippen molar-refractivity contribution >= 4 is 9.84 Å². The molecule has 0 spiro atoms. The van der Waals surface area contributed by atoms with E-state index >= 15 is 0 Å². The van der Waals surface area contributed by atoms with Crippen molar-refractivity contribution in [2.24, 2.45) is 0 Å². The number of aromatic amines is 1. The van der Waals surface area contributed by atoms with Crippen LogP contribution in [0.15, 0.2) is 23.1 Å². The maximum Gasteiger partial charge on any atom is 0.181 e. The first kappa shape index (κ1) is 12.3. The summed E-state index contributed by atoms with van der Waals surface area (Å²) in [5, 5.41) is 13.7. The average Bonchev–Trinajstić information content (AvgIpc) is 2.78. The van der Waals surface area contributed by atoms with E-state index < -0.39 is 9.84 Å². The van der Waals surface area contributed by atoms with Crippen molar-refractivity contribution < 1.29 is 8.42 Å². The second kappa shape index (κ2) is 4.41. The molecule has 2 aromatic rings. The SMILES string of the molecule is CS(=O)(=O)c1cccc(C2CCC2)c1-c1nnn[nH]1. The van der Waals surface area contributed by atoms with Crippen molar-refractivity contribution in [3.63, 3.8) is 0 Å². The zero-order valence-electron chi connectivity index (χ0n) is 10.5. The first-order valence-corrected chi connectivity index (χ1v) is 8.03. The van der Waals surface area contributed by atoms with Gasteiger partial charge in [0.2, 0.25) is 0 Å². The summed E-state index contributed by atoms with van der Waals surface area (Å²) in [5.74, 6) is 0.824. The van der Waals surface area contributed by atoms with E-state index in [0.29, 0.717) is 17.3 Å². The number of aromatic nitrogens is 4. The lowest BCUT2D eigenvalue weighted by molar-refractivity contribution is 0.420. The maximum absolute atomic E-state index is 11.9. The van der Waals surface area contributed by atoms with Crippen LogP contribution in [0.3, 0.4) is 0 Å². The molecule has 1 saturated carbocycles. The van der Waals surface area contributed by atoms with Gasteiger partial charge in [-0.1, -0.05) is 18.6 Å². The molecule has 1 N–H and O–H groups in total. The molecular formula is C12H14N4O2S. The average molecular weight is 278 g/mol. The molecule has 0 bridgehead atoms. The predicted molar refractivity (Wildman–Crippen MR) is 69.3 cm³/mol. The standard InChI is InChI=1S/C12H14N4O2S/c1-19(17,18)10-7-3-6-9(8-4-2-5-8)11(10)12-13-15-16-14-12/h3,6-8H,2,4-5H2,1H3,(H,13,14,15,16). The molecule has 1 heterocycles. The van der Waals surface area contributed by atoms with Crippen LogP contribution in [0.25, 0.3) is 11.4 Å². The molecule has 1 aliphatic rings. The highest BCUT2D eigenvalue weighted by molar-refractivity contribution is 7.90. The molecule has 1 fully saturated rings. The highest BCUT2D eigenvalue weighted by Gasteiger charge is 2.27. The summed E-state index contributed by atoms with van der Waals surface area (Å²) < 4.78 is 23.9. The molecule has 1 aromatic heterocycles. The number of sulfone groups is 1. The minimum atomic E-state index is -3.32. The Morgan fingerprint density at radius 3 is 2.63 bits per heavy atom. The Balaban J connectivity index is 2.26. The van der Waals surface area contributed by atoms with Crippen molar-refractivity contribution in [3.8, 4) is 11.4 Å². The molecule has 1 aromatic carbocycles. The van der Waals surface area contributed by atoms with Gasteiger partial charge in [-0.3, -0.25) is 0 Å². The Morgan fingerprint density at radius 1 is 1.32 bits per heavy atom. The fourth-order valence-corrected chi connectivity index (χ4v) is 3.35. The summed E-state index contributed by atoms with van der Waals surface area (Å²) in [6, 6.07) is 5.36. The van der Waals surface area contributed by atoms with Crippen molar-refractivity contribution in [3.05, 3.63) is 23.8 Å². The monoisotopic (exact) mass is 278 g/mol. The molecule has 3 rings (SSSR count). The fourth-order valence-electron chi connectivity index (χ4n) is 2.44. The van der Waals surface area contributed by atoms with E-state index in [-0.39, 0.29) is 4.90 Å². The van der Waals surface area contributed by atoms with E-state index in [1.54, 1.807) is 12.1 Å². The van der Waals surface area contributed by atoms with Gasteiger partial charge in [-0.05, 0) is 40.8 Å². The van der Waals surface area contributed by atoms with Crippen LogP contribution in [-0.2, 0) is 9.84 Å². The number of H-pyrrole nitrogens is 1. The van der Waals surface area contributed by atoms with Crippen molar-refractivity contribution in [2.45, 2.75) is 30.1 Å². The van der Waals surface area contributed by atoms with Gasteiger partial charge in [0.05, 0.1) is 4.90 Å². The van der Waals surface area contributed by atoms with Crippen LogP contribution >= 0.6 is 0 Å². The van der Waals surface area contributed by atoms with Crippen LogP contribution < -0.4 is 0 Å². The zero-order valence-corrected chi connectivity index (χ0v) is 11.3. The molecule has 0 radical (unpaired) electrons. The Morgan fingerprint density at radius 2 is 2.11 bits per heavy atom. The van der Waals surface area contributed by atoms with Crippen LogP contribution in [0.4, 0.5) is 0 Å². The first-order chi connectivity index (χ1) is 9.07. The predicted octanol–water partition coefficient (Wildman–Crippen LogP) is 1.54. The first-order valence-electron chi connectivity index (χ1n) is 6.14.